The molecule has 2 rings (SSSR count). The van der Waals surface area contributed by atoms with Crippen LogP contribution in [-0.2, 0) is 6.54 Å². The van der Waals surface area contributed by atoms with Crippen molar-refractivity contribution in [3.8, 4) is 0 Å². The third-order valence-corrected chi connectivity index (χ3v) is 2.93. The van der Waals surface area contributed by atoms with Gasteiger partial charge < -0.3 is 0 Å². The van der Waals surface area contributed by atoms with Crippen LogP contribution in [0.5, 0.6) is 0 Å². The van der Waals surface area contributed by atoms with Crippen molar-refractivity contribution in [2.45, 2.75) is 20.4 Å². The van der Waals surface area contributed by atoms with Gasteiger partial charge in [-0.05, 0) is 54.1 Å². The van der Waals surface area contributed by atoms with Gasteiger partial charge in [-0.1, -0.05) is 12.1 Å². The first kappa shape index (κ1) is 10.6. The SMILES string of the molecule is Cc1nc(C)n(Cc2ccc(I)cc2)n1. The molecular weight excluding hydrogens is 301 g/mol. The van der Waals surface area contributed by atoms with Gasteiger partial charge in [-0.3, -0.25) is 0 Å². The normalized spacial score (nSPS) is 10.6. The van der Waals surface area contributed by atoms with Crippen molar-refractivity contribution in [2.24, 2.45) is 0 Å². The van der Waals surface area contributed by atoms with Gasteiger partial charge >= 0.3 is 0 Å². The van der Waals surface area contributed by atoms with Crippen LogP contribution < -0.4 is 0 Å². The predicted octanol–water partition coefficient (Wildman–Crippen LogP) is 2.55. The van der Waals surface area contributed by atoms with E-state index in [4.69, 9.17) is 0 Å². The highest BCUT2D eigenvalue weighted by molar-refractivity contribution is 14.1. The standard InChI is InChI=1S/C11H12IN3/c1-8-13-9(2)15(14-8)7-10-3-5-11(12)6-4-10/h3-6H,7H2,1-2H3. The molecular formula is C11H12IN3. The number of rotatable bonds is 2. The number of aryl methyl sites for hydroxylation is 2. The van der Waals surface area contributed by atoms with E-state index in [1.807, 2.05) is 18.5 Å². The van der Waals surface area contributed by atoms with Gasteiger partial charge in [0.05, 0.1) is 6.54 Å². The van der Waals surface area contributed by atoms with E-state index >= 15 is 0 Å². The Kier molecular flexibility index (Phi) is 3.04. The molecule has 2 aromatic rings. The van der Waals surface area contributed by atoms with Crippen molar-refractivity contribution in [1.29, 1.82) is 0 Å². The summed E-state index contributed by atoms with van der Waals surface area (Å²) in [6.07, 6.45) is 0. The zero-order valence-corrected chi connectivity index (χ0v) is 10.9. The van der Waals surface area contributed by atoms with E-state index in [1.165, 1.54) is 9.13 Å². The molecule has 0 unspecified atom stereocenters. The highest BCUT2D eigenvalue weighted by Gasteiger charge is 2.02. The van der Waals surface area contributed by atoms with Crippen LogP contribution in [0.1, 0.15) is 17.2 Å². The third-order valence-electron chi connectivity index (χ3n) is 2.21. The summed E-state index contributed by atoms with van der Waals surface area (Å²) in [5, 5.41) is 4.33. The first-order valence-electron chi connectivity index (χ1n) is 4.77. The van der Waals surface area contributed by atoms with Crippen LogP contribution in [0.4, 0.5) is 0 Å². The molecule has 0 aliphatic rings. The number of benzene rings is 1. The van der Waals surface area contributed by atoms with E-state index < -0.39 is 0 Å². The molecule has 3 nitrogen and oxygen atoms in total. The molecule has 0 aliphatic heterocycles. The fraction of sp³-hybridized carbons (Fsp3) is 0.273. The Balaban J connectivity index is 2.21. The van der Waals surface area contributed by atoms with Gasteiger partial charge in [0.1, 0.15) is 11.6 Å². The minimum atomic E-state index is 0.795. The molecule has 1 aromatic carbocycles. The molecule has 0 spiro atoms. The molecule has 0 radical (unpaired) electrons. The summed E-state index contributed by atoms with van der Waals surface area (Å²) in [7, 11) is 0. The Morgan fingerprint density at radius 2 is 1.87 bits per heavy atom. The summed E-state index contributed by atoms with van der Waals surface area (Å²) in [5.74, 6) is 1.80. The Bertz CT molecular complexity index is 459. The summed E-state index contributed by atoms with van der Waals surface area (Å²) in [5.41, 5.74) is 1.25. The van der Waals surface area contributed by atoms with Crippen LogP contribution in [0.25, 0.3) is 0 Å². The zero-order valence-electron chi connectivity index (χ0n) is 8.74. The van der Waals surface area contributed by atoms with Crippen LogP contribution in [0.3, 0.4) is 0 Å². The number of nitrogens with zero attached hydrogens (tertiary/aromatic N) is 3. The number of hydrogen-bond donors (Lipinski definition) is 0. The predicted molar refractivity (Wildman–Crippen MR) is 67.8 cm³/mol. The van der Waals surface area contributed by atoms with Gasteiger partial charge in [-0.25, -0.2) is 9.67 Å². The van der Waals surface area contributed by atoms with E-state index in [0.29, 0.717) is 0 Å². The Labute approximate surface area is 103 Å². The van der Waals surface area contributed by atoms with E-state index in [9.17, 15) is 0 Å². The average molecular weight is 313 g/mol. The van der Waals surface area contributed by atoms with Crippen LogP contribution >= 0.6 is 22.6 Å². The lowest BCUT2D eigenvalue weighted by Crippen LogP contribution is -2.04. The van der Waals surface area contributed by atoms with Crippen LogP contribution in [0, 0.1) is 17.4 Å². The second-order valence-electron chi connectivity index (χ2n) is 3.49. The van der Waals surface area contributed by atoms with Crippen molar-refractivity contribution in [2.75, 3.05) is 0 Å². The fourth-order valence-corrected chi connectivity index (χ4v) is 1.83. The molecule has 0 aliphatic carbocycles. The van der Waals surface area contributed by atoms with Crippen molar-refractivity contribution in [1.82, 2.24) is 14.8 Å². The van der Waals surface area contributed by atoms with Crippen LogP contribution in [-0.4, -0.2) is 14.8 Å². The highest BCUT2D eigenvalue weighted by atomic mass is 127. The summed E-state index contributed by atoms with van der Waals surface area (Å²) < 4.78 is 3.18. The Hall–Kier alpha value is -0.910. The van der Waals surface area contributed by atoms with Gasteiger partial charge in [0.2, 0.25) is 0 Å². The smallest absolute Gasteiger partial charge is 0.147 e. The van der Waals surface area contributed by atoms with Gasteiger partial charge in [0.15, 0.2) is 0 Å². The second kappa shape index (κ2) is 4.30. The van der Waals surface area contributed by atoms with E-state index in [1.54, 1.807) is 0 Å². The highest BCUT2D eigenvalue weighted by Crippen LogP contribution is 2.08. The average Bonchev–Trinajstić information content (AvgIpc) is 2.49. The van der Waals surface area contributed by atoms with Crippen molar-refractivity contribution in [3.63, 3.8) is 0 Å². The maximum absolute atomic E-state index is 4.33. The summed E-state index contributed by atoms with van der Waals surface area (Å²) in [4.78, 5) is 4.28. The number of halogens is 1. The zero-order chi connectivity index (χ0) is 10.8. The molecule has 1 aromatic heterocycles. The largest absolute Gasteiger partial charge is 0.246 e. The van der Waals surface area contributed by atoms with E-state index in [-0.39, 0.29) is 0 Å². The maximum atomic E-state index is 4.33. The molecule has 0 saturated heterocycles. The van der Waals surface area contributed by atoms with Gasteiger partial charge in [0, 0.05) is 3.57 Å². The summed E-state index contributed by atoms with van der Waals surface area (Å²) in [6, 6.07) is 8.46. The molecule has 78 valence electrons. The molecule has 0 saturated carbocycles. The van der Waals surface area contributed by atoms with Gasteiger partial charge in [0.25, 0.3) is 0 Å². The molecule has 15 heavy (non-hydrogen) atoms. The topological polar surface area (TPSA) is 30.7 Å². The maximum Gasteiger partial charge on any atom is 0.147 e. The van der Waals surface area contributed by atoms with Gasteiger partial charge in [-0.15, -0.1) is 0 Å². The molecule has 0 bridgehead atoms. The summed E-state index contributed by atoms with van der Waals surface area (Å²) >= 11 is 2.30. The van der Waals surface area contributed by atoms with Crippen molar-refractivity contribution < 1.29 is 0 Å². The molecule has 1 heterocycles. The Morgan fingerprint density at radius 3 is 2.40 bits per heavy atom. The van der Waals surface area contributed by atoms with E-state index in [0.717, 1.165) is 18.2 Å². The molecule has 0 amide bonds. The molecule has 0 fully saturated rings. The number of hydrogen-bond acceptors (Lipinski definition) is 2. The first-order chi connectivity index (χ1) is 7.15. The first-order valence-corrected chi connectivity index (χ1v) is 5.85. The van der Waals surface area contributed by atoms with Crippen molar-refractivity contribution in [3.05, 3.63) is 45.0 Å². The quantitative estimate of drug-likeness (QED) is 0.798. The van der Waals surface area contributed by atoms with Crippen LogP contribution in [0.2, 0.25) is 0 Å². The lowest BCUT2D eigenvalue weighted by atomic mass is 10.2. The Morgan fingerprint density at radius 1 is 1.20 bits per heavy atom. The third kappa shape index (κ3) is 2.56. The second-order valence-corrected chi connectivity index (χ2v) is 4.74. The number of aromatic nitrogens is 3. The fourth-order valence-electron chi connectivity index (χ4n) is 1.47. The minimum Gasteiger partial charge on any atom is -0.246 e. The minimum absolute atomic E-state index is 0.795. The lowest BCUT2D eigenvalue weighted by Gasteiger charge is -2.03. The lowest BCUT2D eigenvalue weighted by molar-refractivity contribution is 0.656. The molecule has 4 heteroatoms. The molecule has 0 atom stereocenters. The van der Waals surface area contributed by atoms with Crippen molar-refractivity contribution >= 4 is 22.6 Å². The monoisotopic (exact) mass is 313 g/mol. The van der Waals surface area contributed by atoms with Gasteiger partial charge in [-0.2, -0.15) is 5.10 Å². The molecule has 0 N–H and O–H groups in total. The van der Waals surface area contributed by atoms with Crippen LogP contribution in [0.15, 0.2) is 24.3 Å². The summed E-state index contributed by atoms with van der Waals surface area (Å²) in [6.45, 7) is 4.69. The van der Waals surface area contributed by atoms with E-state index in [2.05, 4.69) is 56.9 Å².